The SMILES string of the molecule is CC[C@H](NC(=S)Nc1ccc(Br)cc1)c1ccccc1C. The van der Waals surface area contributed by atoms with Crippen molar-refractivity contribution >= 4 is 38.9 Å². The smallest absolute Gasteiger partial charge is 0.171 e. The lowest BCUT2D eigenvalue weighted by Crippen LogP contribution is -2.32. The molecular weight excluding hydrogens is 344 g/mol. The van der Waals surface area contributed by atoms with Gasteiger partial charge in [0, 0.05) is 10.2 Å². The molecule has 110 valence electrons. The van der Waals surface area contributed by atoms with Gasteiger partial charge in [0.05, 0.1) is 6.04 Å². The fourth-order valence-corrected chi connectivity index (χ4v) is 2.76. The van der Waals surface area contributed by atoms with Gasteiger partial charge in [-0.1, -0.05) is 47.1 Å². The highest BCUT2D eigenvalue weighted by Crippen LogP contribution is 2.20. The van der Waals surface area contributed by atoms with Crippen LogP contribution < -0.4 is 10.6 Å². The summed E-state index contributed by atoms with van der Waals surface area (Å²) < 4.78 is 1.05. The van der Waals surface area contributed by atoms with E-state index in [1.807, 2.05) is 24.3 Å². The molecule has 0 radical (unpaired) electrons. The Balaban J connectivity index is 2.03. The van der Waals surface area contributed by atoms with E-state index in [1.165, 1.54) is 11.1 Å². The highest BCUT2D eigenvalue weighted by atomic mass is 79.9. The second-order valence-electron chi connectivity index (χ2n) is 4.92. The molecule has 0 amide bonds. The molecular formula is C17H19BrN2S. The van der Waals surface area contributed by atoms with Crippen molar-refractivity contribution in [1.29, 1.82) is 0 Å². The number of halogens is 1. The van der Waals surface area contributed by atoms with Crippen molar-refractivity contribution in [3.63, 3.8) is 0 Å². The van der Waals surface area contributed by atoms with Crippen molar-refractivity contribution in [3.8, 4) is 0 Å². The fourth-order valence-electron chi connectivity index (χ4n) is 2.24. The summed E-state index contributed by atoms with van der Waals surface area (Å²) in [7, 11) is 0. The Hall–Kier alpha value is -1.39. The van der Waals surface area contributed by atoms with E-state index in [-0.39, 0.29) is 6.04 Å². The molecule has 2 aromatic rings. The summed E-state index contributed by atoms with van der Waals surface area (Å²) in [5.74, 6) is 0. The third kappa shape index (κ3) is 4.55. The van der Waals surface area contributed by atoms with Gasteiger partial charge in [0.15, 0.2) is 5.11 Å². The monoisotopic (exact) mass is 362 g/mol. The highest BCUT2D eigenvalue weighted by Gasteiger charge is 2.12. The van der Waals surface area contributed by atoms with Gasteiger partial charge in [-0.05, 0) is 61.0 Å². The summed E-state index contributed by atoms with van der Waals surface area (Å²) in [5.41, 5.74) is 3.55. The molecule has 21 heavy (non-hydrogen) atoms. The van der Waals surface area contributed by atoms with Crippen molar-refractivity contribution in [2.45, 2.75) is 26.3 Å². The lowest BCUT2D eigenvalue weighted by atomic mass is 10.00. The maximum atomic E-state index is 5.42. The first-order chi connectivity index (χ1) is 10.1. The van der Waals surface area contributed by atoms with Gasteiger partial charge in [-0.2, -0.15) is 0 Å². The molecule has 0 spiro atoms. The Bertz CT molecular complexity index is 610. The normalized spacial score (nSPS) is 11.8. The van der Waals surface area contributed by atoms with Crippen LogP contribution in [-0.4, -0.2) is 5.11 Å². The van der Waals surface area contributed by atoms with Gasteiger partial charge in [0.1, 0.15) is 0 Å². The van der Waals surface area contributed by atoms with Crippen LogP contribution in [-0.2, 0) is 0 Å². The Morgan fingerprint density at radius 2 is 1.81 bits per heavy atom. The summed E-state index contributed by atoms with van der Waals surface area (Å²) >= 11 is 8.85. The Morgan fingerprint density at radius 3 is 2.43 bits per heavy atom. The molecule has 2 aromatic carbocycles. The molecule has 2 nitrogen and oxygen atoms in total. The number of aryl methyl sites for hydroxylation is 1. The van der Waals surface area contributed by atoms with Crippen LogP contribution in [0.15, 0.2) is 53.0 Å². The van der Waals surface area contributed by atoms with Gasteiger partial charge in [0.2, 0.25) is 0 Å². The van der Waals surface area contributed by atoms with E-state index in [0.29, 0.717) is 5.11 Å². The van der Waals surface area contributed by atoms with E-state index in [2.05, 4.69) is 64.7 Å². The van der Waals surface area contributed by atoms with Crippen molar-refractivity contribution in [2.24, 2.45) is 0 Å². The van der Waals surface area contributed by atoms with E-state index < -0.39 is 0 Å². The molecule has 0 saturated carbocycles. The zero-order valence-corrected chi connectivity index (χ0v) is 14.6. The first-order valence-corrected chi connectivity index (χ1v) is 8.19. The molecule has 0 aromatic heterocycles. The molecule has 0 heterocycles. The number of hydrogen-bond donors (Lipinski definition) is 2. The van der Waals surface area contributed by atoms with E-state index in [0.717, 1.165) is 16.6 Å². The van der Waals surface area contributed by atoms with E-state index in [1.54, 1.807) is 0 Å². The Morgan fingerprint density at radius 1 is 1.14 bits per heavy atom. The van der Waals surface area contributed by atoms with Gasteiger partial charge >= 0.3 is 0 Å². The summed E-state index contributed by atoms with van der Waals surface area (Å²) in [6.07, 6.45) is 0.979. The lowest BCUT2D eigenvalue weighted by molar-refractivity contribution is 0.625. The highest BCUT2D eigenvalue weighted by molar-refractivity contribution is 9.10. The fraction of sp³-hybridized carbons (Fsp3) is 0.235. The molecule has 0 bridgehead atoms. The minimum Gasteiger partial charge on any atom is -0.356 e. The summed E-state index contributed by atoms with van der Waals surface area (Å²) in [6, 6.07) is 16.6. The number of anilines is 1. The van der Waals surface area contributed by atoms with Crippen LogP contribution in [0.3, 0.4) is 0 Å². The minimum absolute atomic E-state index is 0.224. The molecule has 0 aliphatic heterocycles. The van der Waals surface area contributed by atoms with Gasteiger partial charge in [-0.25, -0.2) is 0 Å². The summed E-state index contributed by atoms with van der Waals surface area (Å²) in [5, 5.41) is 7.26. The molecule has 0 fully saturated rings. The van der Waals surface area contributed by atoms with Crippen LogP contribution in [0.1, 0.15) is 30.5 Å². The molecule has 0 unspecified atom stereocenters. The van der Waals surface area contributed by atoms with Crippen LogP contribution in [0.5, 0.6) is 0 Å². The number of rotatable bonds is 4. The average molecular weight is 363 g/mol. The first kappa shape index (κ1) is 16.0. The largest absolute Gasteiger partial charge is 0.356 e. The van der Waals surface area contributed by atoms with Crippen molar-refractivity contribution < 1.29 is 0 Å². The van der Waals surface area contributed by atoms with Gasteiger partial charge < -0.3 is 10.6 Å². The van der Waals surface area contributed by atoms with Crippen LogP contribution >= 0.6 is 28.1 Å². The number of hydrogen-bond acceptors (Lipinski definition) is 1. The zero-order valence-electron chi connectivity index (χ0n) is 12.2. The molecule has 2 N–H and O–H groups in total. The van der Waals surface area contributed by atoms with E-state index in [4.69, 9.17) is 12.2 Å². The zero-order chi connectivity index (χ0) is 15.2. The van der Waals surface area contributed by atoms with Gasteiger partial charge in [-0.15, -0.1) is 0 Å². The molecule has 1 atom stereocenters. The standard InChI is InChI=1S/C17H19BrN2S/c1-3-16(15-7-5-4-6-12(15)2)20-17(21)19-14-10-8-13(18)9-11-14/h4-11,16H,3H2,1-2H3,(H2,19,20,21)/t16-/m0/s1. The third-order valence-corrected chi connectivity index (χ3v) is 4.13. The predicted octanol–water partition coefficient (Wildman–Crippen LogP) is 5.20. The number of nitrogens with one attached hydrogen (secondary N) is 2. The second kappa shape index (κ2) is 7.57. The minimum atomic E-state index is 0.224. The van der Waals surface area contributed by atoms with Crippen molar-refractivity contribution in [3.05, 3.63) is 64.1 Å². The predicted molar refractivity (Wildman–Crippen MR) is 97.7 cm³/mol. The number of benzene rings is 2. The third-order valence-electron chi connectivity index (χ3n) is 3.38. The van der Waals surface area contributed by atoms with Gasteiger partial charge in [0.25, 0.3) is 0 Å². The van der Waals surface area contributed by atoms with Crippen LogP contribution in [0.25, 0.3) is 0 Å². The quantitative estimate of drug-likeness (QED) is 0.731. The topological polar surface area (TPSA) is 24.1 Å². The summed E-state index contributed by atoms with van der Waals surface area (Å²) in [4.78, 5) is 0. The van der Waals surface area contributed by atoms with Crippen molar-refractivity contribution in [2.75, 3.05) is 5.32 Å². The molecule has 0 saturated heterocycles. The molecule has 0 aliphatic rings. The molecule has 4 heteroatoms. The number of thiocarbonyl (C=S) groups is 1. The van der Waals surface area contributed by atoms with Crippen LogP contribution in [0.4, 0.5) is 5.69 Å². The maximum absolute atomic E-state index is 5.42. The van der Waals surface area contributed by atoms with E-state index in [9.17, 15) is 0 Å². The average Bonchev–Trinajstić information content (AvgIpc) is 2.48. The Kier molecular flexibility index (Phi) is 5.76. The van der Waals surface area contributed by atoms with Crippen LogP contribution in [0, 0.1) is 6.92 Å². The Labute approximate surface area is 140 Å². The molecule has 2 rings (SSSR count). The maximum Gasteiger partial charge on any atom is 0.171 e. The lowest BCUT2D eigenvalue weighted by Gasteiger charge is -2.21. The van der Waals surface area contributed by atoms with Crippen LogP contribution in [0.2, 0.25) is 0 Å². The first-order valence-electron chi connectivity index (χ1n) is 6.98. The van der Waals surface area contributed by atoms with E-state index >= 15 is 0 Å². The van der Waals surface area contributed by atoms with Crippen molar-refractivity contribution in [1.82, 2.24) is 5.32 Å². The molecule has 0 aliphatic carbocycles. The van der Waals surface area contributed by atoms with Gasteiger partial charge in [-0.3, -0.25) is 0 Å². The second-order valence-corrected chi connectivity index (χ2v) is 6.25. The summed E-state index contributed by atoms with van der Waals surface area (Å²) in [6.45, 7) is 4.29.